The highest BCUT2D eigenvalue weighted by Crippen LogP contribution is 2.26. The normalized spacial score (nSPS) is 20.6. The fourth-order valence-electron chi connectivity index (χ4n) is 2.95. The van der Waals surface area contributed by atoms with E-state index in [0.717, 1.165) is 19.3 Å². The SMILES string of the molecule is CCC(NC1CC(=O)N(C(CC)CC)C1=O)c1cccs1. The van der Waals surface area contributed by atoms with Gasteiger partial charge in [0.05, 0.1) is 12.5 Å². The molecule has 0 aliphatic carbocycles. The van der Waals surface area contributed by atoms with Crippen LogP contribution in [0.25, 0.3) is 0 Å². The first-order valence-electron chi connectivity index (χ1n) is 7.77. The standard InChI is InChI=1S/C16H24N2O2S/c1-4-11(5-2)18-15(19)10-13(16(18)20)17-12(6-3)14-8-7-9-21-14/h7-9,11-13,17H,4-6,10H2,1-3H3. The van der Waals surface area contributed by atoms with Crippen molar-refractivity contribution in [2.24, 2.45) is 0 Å². The van der Waals surface area contributed by atoms with Crippen LogP contribution in [0.5, 0.6) is 0 Å². The molecule has 21 heavy (non-hydrogen) atoms. The first-order chi connectivity index (χ1) is 10.1. The van der Waals surface area contributed by atoms with Gasteiger partial charge in [-0.1, -0.05) is 26.8 Å². The maximum absolute atomic E-state index is 12.5. The first kappa shape index (κ1) is 16.2. The van der Waals surface area contributed by atoms with Crippen LogP contribution >= 0.6 is 11.3 Å². The van der Waals surface area contributed by atoms with Crippen molar-refractivity contribution in [3.63, 3.8) is 0 Å². The summed E-state index contributed by atoms with van der Waals surface area (Å²) < 4.78 is 0. The van der Waals surface area contributed by atoms with Crippen molar-refractivity contribution in [2.45, 2.75) is 64.6 Å². The van der Waals surface area contributed by atoms with Crippen LogP contribution in [0.2, 0.25) is 0 Å². The summed E-state index contributed by atoms with van der Waals surface area (Å²) >= 11 is 1.68. The van der Waals surface area contributed by atoms with E-state index < -0.39 is 0 Å². The second-order valence-electron chi connectivity index (χ2n) is 5.47. The topological polar surface area (TPSA) is 49.4 Å². The van der Waals surface area contributed by atoms with Crippen molar-refractivity contribution in [1.82, 2.24) is 10.2 Å². The lowest BCUT2D eigenvalue weighted by atomic mass is 10.1. The third-order valence-corrected chi connectivity index (χ3v) is 5.17. The van der Waals surface area contributed by atoms with Gasteiger partial charge in [0.15, 0.2) is 0 Å². The molecular formula is C16H24N2O2S. The Labute approximate surface area is 130 Å². The molecule has 2 amide bonds. The Bertz CT molecular complexity index is 482. The van der Waals surface area contributed by atoms with Crippen molar-refractivity contribution < 1.29 is 9.59 Å². The highest BCUT2D eigenvalue weighted by atomic mass is 32.1. The van der Waals surface area contributed by atoms with Gasteiger partial charge in [-0.3, -0.25) is 19.8 Å². The van der Waals surface area contributed by atoms with E-state index in [-0.39, 0.29) is 36.4 Å². The first-order valence-corrected chi connectivity index (χ1v) is 8.65. The average molecular weight is 308 g/mol. The number of carbonyl (C=O) groups is 2. The summed E-state index contributed by atoms with van der Waals surface area (Å²) in [6, 6.07) is 3.91. The lowest BCUT2D eigenvalue weighted by molar-refractivity contribution is -0.141. The number of hydrogen-bond acceptors (Lipinski definition) is 4. The van der Waals surface area contributed by atoms with Crippen molar-refractivity contribution in [2.75, 3.05) is 0 Å². The Balaban J connectivity index is 2.08. The van der Waals surface area contributed by atoms with Crippen LogP contribution in [-0.2, 0) is 9.59 Å². The molecule has 2 heterocycles. The molecule has 1 aliphatic rings. The molecule has 116 valence electrons. The number of hydrogen-bond donors (Lipinski definition) is 1. The second-order valence-corrected chi connectivity index (χ2v) is 6.45. The number of carbonyl (C=O) groups excluding carboxylic acids is 2. The molecule has 1 fully saturated rings. The average Bonchev–Trinajstić information content (AvgIpc) is 3.09. The number of thiophene rings is 1. The Hall–Kier alpha value is -1.20. The summed E-state index contributed by atoms with van der Waals surface area (Å²) in [5, 5.41) is 5.42. The van der Waals surface area contributed by atoms with Gasteiger partial charge in [0.2, 0.25) is 11.8 Å². The molecule has 0 spiro atoms. The monoisotopic (exact) mass is 308 g/mol. The summed E-state index contributed by atoms with van der Waals surface area (Å²) in [6.45, 7) is 6.14. The number of amides is 2. The van der Waals surface area contributed by atoms with E-state index in [9.17, 15) is 9.59 Å². The fourth-order valence-corrected chi connectivity index (χ4v) is 3.82. The molecule has 1 aliphatic heterocycles. The van der Waals surface area contributed by atoms with Gasteiger partial charge in [-0.15, -0.1) is 11.3 Å². The molecule has 2 rings (SSSR count). The molecule has 0 saturated carbocycles. The van der Waals surface area contributed by atoms with Crippen LogP contribution in [0.4, 0.5) is 0 Å². The molecule has 0 bridgehead atoms. The summed E-state index contributed by atoms with van der Waals surface area (Å²) in [5.74, 6) is -0.0871. The molecule has 1 N–H and O–H groups in total. The van der Waals surface area contributed by atoms with E-state index in [1.807, 2.05) is 25.3 Å². The Kier molecular flexibility index (Phi) is 5.53. The van der Waals surface area contributed by atoms with Crippen LogP contribution in [0.1, 0.15) is 57.4 Å². The number of nitrogens with one attached hydrogen (secondary N) is 1. The maximum Gasteiger partial charge on any atom is 0.247 e. The molecular weight excluding hydrogens is 284 g/mol. The zero-order valence-electron chi connectivity index (χ0n) is 13.0. The van der Waals surface area contributed by atoms with Gasteiger partial charge < -0.3 is 0 Å². The van der Waals surface area contributed by atoms with E-state index in [4.69, 9.17) is 0 Å². The molecule has 0 aromatic carbocycles. The summed E-state index contributed by atoms with van der Waals surface area (Å²) in [5.41, 5.74) is 0. The van der Waals surface area contributed by atoms with Crippen molar-refractivity contribution >= 4 is 23.2 Å². The Morgan fingerprint density at radius 2 is 2.00 bits per heavy atom. The number of likely N-dealkylation sites (tertiary alicyclic amines) is 1. The molecule has 5 heteroatoms. The Morgan fingerprint density at radius 1 is 1.29 bits per heavy atom. The van der Waals surface area contributed by atoms with Gasteiger partial charge in [0.25, 0.3) is 0 Å². The fraction of sp³-hybridized carbons (Fsp3) is 0.625. The van der Waals surface area contributed by atoms with Crippen LogP contribution in [-0.4, -0.2) is 28.8 Å². The van der Waals surface area contributed by atoms with E-state index >= 15 is 0 Å². The predicted octanol–water partition coefficient (Wildman–Crippen LogP) is 3.10. The number of imide groups is 1. The minimum Gasteiger partial charge on any atom is -0.298 e. The molecule has 0 radical (unpaired) electrons. The maximum atomic E-state index is 12.5. The Morgan fingerprint density at radius 3 is 2.52 bits per heavy atom. The van der Waals surface area contributed by atoms with Crippen LogP contribution in [0, 0.1) is 0 Å². The minimum absolute atomic E-state index is 0.0350. The number of nitrogens with zero attached hydrogens (tertiary/aromatic N) is 1. The minimum atomic E-state index is -0.370. The summed E-state index contributed by atoms with van der Waals surface area (Å²) in [7, 11) is 0. The smallest absolute Gasteiger partial charge is 0.247 e. The van der Waals surface area contributed by atoms with Crippen molar-refractivity contribution in [1.29, 1.82) is 0 Å². The molecule has 2 unspecified atom stereocenters. The molecule has 1 saturated heterocycles. The van der Waals surface area contributed by atoms with E-state index in [1.54, 1.807) is 11.3 Å². The van der Waals surface area contributed by atoms with Crippen LogP contribution in [0.3, 0.4) is 0 Å². The van der Waals surface area contributed by atoms with Gasteiger partial charge >= 0.3 is 0 Å². The number of rotatable bonds is 7. The van der Waals surface area contributed by atoms with E-state index in [0.29, 0.717) is 0 Å². The molecule has 1 aromatic heterocycles. The van der Waals surface area contributed by atoms with Crippen molar-refractivity contribution in [3.8, 4) is 0 Å². The largest absolute Gasteiger partial charge is 0.298 e. The lowest BCUT2D eigenvalue weighted by Crippen LogP contribution is -2.44. The zero-order valence-corrected chi connectivity index (χ0v) is 13.8. The van der Waals surface area contributed by atoms with Gasteiger partial charge in [0, 0.05) is 17.0 Å². The van der Waals surface area contributed by atoms with E-state index in [2.05, 4.69) is 18.3 Å². The van der Waals surface area contributed by atoms with Crippen molar-refractivity contribution in [3.05, 3.63) is 22.4 Å². The van der Waals surface area contributed by atoms with Gasteiger partial charge in [0.1, 0.15) is 0 Å². The third kappa shape index (κ3) is 3.35. The van der Waals surface area contributed by atoms with Gasteiger partial charge in [-0.25, -0.2) is 0 Å². The zero-order chi connectivity index (χ0) is 15.4. The lowest BCUT2D eigenvalue weighted by Gasteiger charge is -2.25. The van der Waals surface area contributed by atoms with Gasteiger partial charge in [-0.2, -0.15) is 0 Å². The highest BCUT2D eigenvalue weighted by molar-refractivity contribution is 7.10. The third-order valence-electron chi connectivity index (χ3n) is 4.19. The summed E-state index contributed by atoms with van der Waals surface area (Å²) in [6.07, 6.45) is 2.84. The molecule has 2 atom stereocenters. The molecule has 4 nitrogen and oxygen atoms in total. The van der Waals surface area contributed by atoms with Crippen LogP contribution in [0.15, 0.2) is 17.5 Å². The predicted molar refractivity (Wildman–Crippen MR) is 85.1 cm³/mol. The van der Waals surface area contributed by atoms with E-state index in [1.165, 1.54) is 9.78 Å². The molecule has 1 aromatic rings. The van der Waals surface area contributed by atoms with Crippen LogP contribution < -0.4 is 5.32 Å². The van der Waals surface area contributed by atoms with Gasteiger partial charge in [-0.05, 0) is 30.7 Å². The highest BCUT2D eigenvalue weighted by Gasteiger charge is 2.41. The second kappa shape index (κ2) is 7.18. The quantitative estimate of drug-likeness (QED) is 0.787. The summed E-state index contributed by atoms with van der Waals surface area (Å²) in [4.78, 5) is 27.4.